The van der Waals surface area contributed by atoms with Crippen LogP contribution in [0.5, 0.6) is 0 Å². The van der Waals surface area contributed by atoms with E-state index in [4.69, 9.17) is 0 Å². The molecular formula is C11H22Si. The molecule has 0 aliphatic carbocycles. The van der Waals surface area contributed by atoms with Gasteiger partial charge in [-0.05, 0) is 12.1 Å². The summed E-state index contributed by atoms with van der Waals surface area (Å²) in [5, 5.41) is 0. The van der Waals surface area contributed by atoms with Crippen molar-refractivity contribution in [2.24, 2.45) is 0 Å². The molecule has 0 fully saturated rings. The van der Waals surface area contributed by atoms with Crippen LogP contribution in [0.25, 0.3) is 0 Å². The second-order valence-electron chi connectivity index (χ2n) is 3.86. The van der Waals surface area contributed by atoms with Gasteiger partial charge in [-0.25, -0.2) is 0 Å². The standard InChI is InChI=1S/C11H22Si/c1-6-9-12(8-3,10-7-2)11(4)5/h6-7,11H,1-2,8-10H2,3-5H3. The summed E-state index contributed by atoms with van der Waals surface area (Å²) < 4.78 is 0. The van der Waals surface area contributed by atoms with Gasteiger partial charge in [0.15, 0.2) is 0 Å². The minimum atomic E-state index is -1.08. The molecule has 0 saturated carbocycles. The molecule has 0 bridgehead atoms. The summed E-state index contributed by atoms with van der Waals surface area (Å²) in [5.74, 6) is 0. The Kier molecular flexibility index (Phi) is 5.23. The van der Waals surface area contributed by atoms with Gasteiger partial charge in [0.25, 0.3) is 0 Å². The Morgan fingerprint density at radius 2 is 1.58 bits per heavy atom. The molecule has 0 aromatic heterocycles. The average molecular weight is 182 g/mol. The molecule has 0 unspecified atom stereocenters. The molecule has 0 spiro atoms. The highest BCUT2D eigenvalue weighted by Gasteiger charge is 2.31. The minimum absolute atomic E-state index is 0.846. The molecule has 0 atom stereocenters. The normalized spacial score (nSPS) is 11.7. The zero-order valence-electron chi connectivity index (χ0n) is 8.77. The van der Waals surface area contributed by atoms with E-state index in [1.807, 2.05) is 0 Å². The lowest BCUT2D eigenvalue weighted by molar-refractivity contribution is 0.965. The molecule has 0 aliphatic rings. The van der Waals surface area contributed by atoms with Crippen molar-refractivity contribution < 1.29 is 0 Å². The van der Waals surface area contributed by atoms with Crippen molar-refractivity contribution in [2.75, 3.05) is 0 Å². The Morgan fingerprint density at radius 3 is 1.75 bits per heavy atom. The SMILES string of the molecule is C=CC[Si](CC)(CC=C)C(C)C. The van der Waals surface area contributed by atoms with Gasteiger partial charge in [0.1, 0.15) is 0 Å². The van der Waals surface area contributed by atoms with Crippen LogP contribution in [0.15, 0.2) is 25.3 Å². The van der Waals surface area contributed by atoms with Crippen LogP contribution in [0.3, 0.4) is 0 Å². The Labute approximate surface area is 78.4 Å². The predicted octanol–water partition coefficient (Wildman–Crippen LogP) is 4.24. The molecule has 0 aromatic carbocycles. The van der Waals surface area contributed by atoms with Crippen LogP contribution in [0.2, 0.25) is 23.7 Å². The minimum Gasteiger partial charge on any atom is -0.103 e. The molecule has 0 amide bonds. The Hall–Kier alpha value is -0.303. The first-order valence-electron chi connectivity index (χ1n) is 4.84. The molecule has 1 heteroatoms. The van der Waals surface area contributed by atoms with Crippen LogP contribution >= 0.6 is 0 Å². The quantitative estimate of drug-likeness (QED) is 0.426. The van der Waals surface area contributed by atoms with Gasteiger partial charge in [-0.15, -0.1) is 13.2 Å². The van der Waals surface area contributed by atoms with Crippen molar-refractivity contribution in [3.05, 3.63) is 25.3 Å². The molecule has 0 N–H and O–H groups in total. The first kappa shape index (κ1) is 11.7. The molecule has 0 saturated heterocycles. The van der Waals surface area contributed by atoms with Gasteiger partial charge in [-0.1, -0.05) is 44.5 Å². The Balaban J connectivity index is 4.48. The van der Waals surface area contributed by atoms with E-state index >= 15 is 0 Å². The molecule has 0 aromatic rings. The fraction of sp³-hybridized carbons (Fsp3) is 0.636. The summed E-state index contributed by atoms with van der Waals surface area (Å²) in [5.41, 5.74) is 0.846. The molecule has 0 aliphatic heterocycles. The van der Waals surface area contributed by atoms with Crippen LogP contribution in [-0.2, 0) is 0 Å². The van der Waals surface area contributed by atoms with E-state index in [0.29, 0.717) is 0 Å². The fourth-order valence-electron chi connectivity index (χ4n) is 1.83. The van der Waals surface area contributed by atoms with Crippen molar-refractivity contribution in [3.63, 3.8) is 0 Å². The lowest BCUT2D eigenvalue weighted by Crippen LogP contribution is -2.35. The molecule has 12 heavy (non-hydrogen) atoms. The second kappa shape index (κ2) is 5.36. The first-order chi connectivity index (χ1) is 5.63. The van der Waals surface area contributed by atoms with Gasteiger partial charge in [-0.3, -0.25) is 0 Å². The number of allylic oxidation sites excluding steroid dienone is 2. The summed E-state index contributed by atoms with van der Waals surface area (Å²) in [4.78, 5) is 0. The van der Waals surface area contributed by atoms with E-state index in [9.17, 15) is 0 Å². The molecule has 0 rings (SSSR count). The molecule has 0 radical (unpaired) electrons. The van der Waals surface area contributed by atoms with Crippen molar-refractivity contribution in [3.8, 4) is 0 Å². The first-order valence-corrected chi connectivity index (χ1v) is 7.54. The third kappa shape index (κ3) is 2.63. The Morgan fingerprint density at radius 1 is 1.17 bits per heavy atom. The summed E-state index contributed by atoms with van der Waals surface area (Å²) in [6.45, 7) is 14.7. The molecule has 0 heterocycles. The van der Waals surface area contributed by atoms with Gasteiger partial charge in [0, 0.05) is 0 Å². The summed E-state index contributed by atoms with van der Waals surface area (Å²) in [7, 11) is -1.08. The highest BCUT2D eigenvalue weighted by molar-refractivity contribution is 6.81. The molecule has 0 nitrogen and oxygen atoms in total. The maximum absolute atomic E-state index is 3.86. The van der Waals surface area contributed by atoms with E-state index in [2.05, 4.69) is 46.1 Å². The van der Waals surface area contributed by atoms with E-state index in [0.717, 1.165) is 5.54 Å². The van der Waals surface area contributed by atoms with E-state index < -0.39 is 8.07 Å². The average Bonchev–Trinajstić information content (AvgIpc) is 2.03. The van der Waals surface area contributed by atoms with Gasteiger partial charge in [-0.2, -0.15) is 0 Å². The van der Waals surface area contributed by atoms with Gasteiger partial charge >= 0.3 is 0 Å². The molecular weight excluding hydrogens is 160 g/mol. The van der Waals surface area contributed by atoms with Crippen molar-refractivity contribution in [2.45, 2.75) is 44.4 Å². The van der Waals surface area contributed by atoms with Crippen LogP contribution < -0.4 is 0 Å². The summed E-state index contributed by atoms with van der Waals surface area (Å²) in [6.07, 6.45) is 4.19. The maximum atomic E-state index is 3.86. The van der Waals surface area contributed by atoms with Gasteiger partial charge < -0.3 is 0 Å². The number of rotatable bonds is 6. The van der Waals surface area contributed by atoms with Crippen LogP contribution in [0, 0.1) is 0 Å². The van der Waals surface area contributed by atoms with Crippen LogP contribution in [-0.4, -0.2) is 8.07 Å². The van der Waals surface area contributed by atoms with E-state index in [-0.39, 0.29) is 0 Å². The lowest BCUT2D eigenvalue weighted by atomic mass is 10.6. The zero-order chi connectivity index (χ0) is 9.61. The maximum Gasteiger partial charge on any atom is 0.0633 e. The molecule has 70 valence electrons. The van der Waals surface area contributed by atoms with Crippen molar-refractivity contribution >= 4 is 8.07 Å². The highest BCUT2D eigenvalue weighted by atomic mass is 28.3. The number of hydrogen-bond donors (Lipinski definition) is 0. The number of hydrogen-bond acceptors (Lipinski definition) is 0. The topological polar surface area (TPSA) is 0 Å². The zero-order valence-corrected chi connectivity index (χ0v) is 9.77. The van der Waals surface area contributed by atoms with E-state index in [1.165, 1.54) is 18.1 Å². The monoisotopic (exact) mass is 182 g/mol. The highest BCUT2D eigenvalue weighted by Crippen LogP contribution is 2.33. The van der Waals surface area contributed by atoms with Gasteiger partial charge in [0.2, 0.25) is 0 Å². The van der Waals surface area contributed by atoms with E-state index in [1.54, 1.807) is 0 Å². The van der Waals surface area contributed by atoms with Gasteiger partial charge in [0.05, 0.1) is 8.07 Å². The third-order valence-electron chi connectivity index (χ3n) is 3.03. The Bertz CT molecular complexity index is 137. The van der Waals surface area contributed by atoms with Crippen LogP contribution in [0.4, 0.5) is 0 Å². The second-order valence-corrected chi connectivity index (χ2v) is 9.26. The smallest absolute Gasteiger partial charge is 0.0633 e. The largest absolute Gasteiger partial charge is 0.103 e. The third-order valence-corrected chi connectivity index (χ3v) is 9.09. The van der Waals surface area contributed by atoms with Crippen LogP contribution in [0.1, 0.15) is 20.8 Å². The fourth-order valence-corrected chi connectivity index (χ4v) is 5.48. The predicted molar refractivity (Wildman–Crippen MR) is 61.3 cm³/mol. The summed E-state index contributed by atoms with van der Waals surface area (Å²) >= 11 is 0. The summed E-state index contributed by atoms with van der Waals surface area (Å²) in [6, 6.07) is 3.84. The van der Waals surface area contributed by atoms with Crippen molar-refractivity contribution in [1.29, 1.82) is 0 Å². The van der Waals surface area contributed by atoms with Crippen molar-refractivity contribution in [1.82, 2.24) is 0 Å². The lowest BCUT2D eigenvalue weighted by Gasteiger charge is -2.32.